The van der Waals surface area contributed by atoms with Gasteiger partial charge >= 0.3 is 5.97 Å². The number of nitrogens with zero attached hydrogens (tertiary/aromatic N) is 1. The van der Waals surface area contributed by atoms with E-state index in [4.69, 9.17) is 0 Å². The summed E-state index contributed by atoms with van der Waals surface area (Å²) in [6, 6.07) is 6.53. The van der Waals surface area contributed by atoms with E-state index in [0.717, 1.165) is 0 Å². The Labute approximate surface area is 118 Å². The Bertz CT molecular complexity index is 580. The topological polar surface area (TPSA) is 75.7 Å². The van der Waals surface area contributed by atoms with E-state index in [-0.39, 0.29) is 5.75 Å². The van der Waals surface area contributed by atoms with Gasteiger partial charge in [0.1, 0.15) is 0 Å². The predicted octanol–water partition coefficient (Wildman–Crippen LogP) is 0.208. The first-order valence-corrected chi connectivity index (χ1v) is 7.99. The van der Waals surface area contributed by atoms with Crippen molar-refractivity contribution in [3.05, 3.63) is 35.4 Å². The van der Waals surface area contributed by atoms with Gasteiger partial charge in [0.2, 0.25) is 10.0 Å². The van der Waals surface area contributed by atoms with Crippen LogP contribution in [0.15, 0.2) is 24.3 Å². The average Bonchev–Trinajstić information content (AvgIpc) is 2.47. The van der Waals surface area contributed by atoms with Crippen molar-refractivity contribution in [2.45, 2.75) is 5.75 Å². The lowest BCUT2D eigenvalue weighted by Crippen LogP contribution is -2.46. The highest BCUT2D eigenvalue weighted by molar-refractivity contribution is 7.88. The van der Waals surface area contributed by atoms with Crippen LogP contribution < -0.4 is 5.32 Å². The van der Waals surface area contributed by atoms with Crippen molar-refractivity contribution < 1.29 is 17.9 Å². The molecule has 1 aromatic rings. The molecule has 0 saturated carbocycles. The third-order valence-corrected chi connectivity index (χ3v) is 5.02. The van der Waals surface area contributed by atoms with E-state index in [0.29, 0.717) is 37.3 Å². The summed E-state index contributed by atoms with van der Waals surface area (Å²) in [4.78, 5) is 11.4. The van der Waals surface area contributed by atoms with Crippen LogP contribution in [0.3, 0.4) is 0 Å². The van der Waals surface area contributed by atoms with Crippen molar-refractivity contribution >= 4 is 16.0 Å². The zero-order valence-electron chi connectivity index (χ0n) is 11.3. The lowest BCUT2D eigenvalue weighted by atomic mass is 10.1. The van der Waals surface area contributed by atoms with Gasteiger partial charge in [-0.05, 0) is 17.7 Å². The second-order valence-electron chi connectivity index (χ2n) is 4.60. The molecule has 0 bridgehead atoms. The monoisotopic (exact) mass is 298 g/mol. The Hall–Kier alpha value is -1.44. The molecule has 0 spiro atoms. The molecule has 20 heavy (non-hydrogen) atoms. The third-order valence-electron chi connectivity index (χ3n) is 3.17. The molecule has 7 heteroatoms. The van der Waals surface area contributed by atoms with Gasteiger partial charge in [-0.3, -0.25) is 0 Å². The first kappa shape index (κ1) is 15.0. The number of carbonyl (C=O) groups is 1. The molecule has 0 atom stereocenters. The quantitative estimate of drug-likeness (QED) is 0.804. The van der Waals surface area contributed by atoms with Crippen molar-refractivity contribution in [2.24, 2.45) is 0 Å². The van der Waals surface area contributed by atoms with E-state index in [1.54, 1.807) is 24.3 Å². The minimum Gasteiger partial charge on any atom is -0.465 e. The average molecular weight is 298 g/mol. The molecule has 6 nitrogen and oxygen atoms in total. The van der Waals surface area contributed by atoms with Gasteiger partial charge in [-0.25, -0.2) is 13.2 Å². The minimum absolute atomic E-state index is 0.0994. The highest BCUT2D eigenvalue weighted by atomic mass is 32.2. The summed E-state index contributed by atoms with van der Waals surface area (Å²) in [6.45, 7) is 2.31. The molecule has 0 aromatic heterocycles. The van der Waals surface area contributed by atoms with Crippen molar-refractivity contribution in [3.63, 3.8) is 0 Å². The number of esters is 1. The lowest BCUT2D eigenvalue weighted by Gasteiger charge is -2.26. The van der Waals surface area contributed by atoms with Gasteiger partial charge in [-0.2, -0.15) is 4.31 Å². The molecule has 1 saturated heterocycles. The van der Waals surface area contributed by atoms with Crippen LogP contribution in [-0.2, 0) is 20.5 Å². The van der Waals surface area contributed by atoms with Crippen molar-refractivity contribution in [2.75, 3.05) is 33.3 Å². The van der Waals surface area contributed by atoms with Crippen LogP contribution in [0.4, 0.5) is 0 Å². The van der Waals surface area contributed by atoms with Gasteiger partial charge < -0.3 is 10.1 Å². The molecule has 1 N–H and O–H groups in total. The number of ether oxygens (including phenoxy) is 1. The molecule has 0 amide bonds. The fourth-order valence-electron chi connectivity index (χ4n) is 2.13. The maximum Gasteiger partial charge on any atom is 0.337 e. The van der Waals surface area contributed by atoms with Crippen LogP contribution in [-0.4, -0.2) is 52.0 Å². The van der Waals surface area contributed by atoms with Crippen LogP contribution in [0.5, 0.6) is 0 Å². The maximum atomic E-state index is 12.3. The molecule has 1 aliphatic rings. The van der Waals surface area contributed by atoms with Gasteiger partial charge in [0, 0.05) is 26.2 Å². The van der Waals surface area contributed by atoms with E-state index >= 15 is 0 Å². The van der Waals surface area contributed by atoms with E-state index in [1.807, 2.05) is 0 Å². The minimum atomic E-state index is -3.34. The van der Waals surface area contributed by atoms with Crippen LogP contribution in [0.25, 0.3) is 0 Å². The summed E-state index contributed by atoms with van der Waals surface area (Å²) in [5.74, 6) is -0.566. The molecular formula is C13H18N2O4S. The summed E-state index contributed by atoms with van der Waals surface area (Å²) >= 11 is 0. The number of hydrogen-bond acceptors (Lipinski definition) is 5. The van der Waals surface area contributed by atoms with Gasteiger partial charge in [-0.15, -0.1) is 0 Å². The SMILES string of the molecule is COC(=O)c1cccc(CS(=O)(=O)N2CCNCC2)c1. The highest BCUT2D eigenvalue weighted by Gasteiger charge is 2.24. The third kappa shape index (κ3) is 3.56. The number of piperazine rings is 1. The van der Waals surface area contributed by atoms with Crippen LogP contribution in [0.1, 0.15) is 15.9 Å². The summed E-state index contributed by atoms with van der Waals surface area (Å²) < 4.78 is 30.7. The van der Waals surface area contributed by atoms with Crippen LogP contribution >= 0.6 is 0 Å². The van der Waals surface area contributed by atoms with Crippen LogP contribution in [0, 0.1) is 0 Å². The predicted molar refractivity (Wildman–Crippen MR) is 74.8 cm³/mol. The van der Waals surface area contributed by atoms with E-state index in [9.17, 15) is 13.2 Å². The van der Waals surface area contributed by atoms with Crippen LogP contribution in [0.2, 0.25) is 0 Å². The first-order valence-electron chi connectivity index (χ1n) is 6.39. The smallest absolute Gasteiger partial charge is 0.337 e. The zero-order chi connectivity index (χ0) is 14.6. The summed E-state index contributed by atoms with van der Waals surface area (Å²) in [5.41, 5.74) is 0.951. The van der Waals surface area contributed by atoms with Gasteiger partial charge in [0.25, 0.3) is 0 Å². The number of benzene rings is 1. The number of sulfonamides is 1. The number of methoxy groups -OCH3 is 1. The second kappa shape index (κ2) is 6.34. The van der Waals surface area contributed by atoms with Crippen molar-refractivity contribution in [3.8, 4) is 0 Å². The zero-order valence-corrected chi connectivity index (χ0v) is 12.1. The largest absolute Gasteiger partial charge is 0.465 e. The molecule has 1 aromatic carbocycles. The summed E-state index contributed by atoms with van der Waals surface area (Å²) in [6.07, 6.45) is 0. The van der Waals surface area contributed by atoms with E-state index in [1.165, 1.54) is 11.4 Å². The number of nitrogens with one attached hydrogen (secondary N) is 1. The summed E-state index contributed by atoms with van der Waals surface area (Å²) in [5, 5.41) is 3.12. The number of hydrogen-bond donors (Lipinski definition) is 1. The van der Waals surface area contributed by atoms with Gasteiger partial charge in [-0.1, -0.05) is 12.1 Å². The molecule has 2 rings (SSSR count). The Morgan fingerprint density at radius 3 is 2.70 bits per heavy atom. The molecule has 110 valence electrons. The molecule has 1 heterocycles. The molecule has 0 unspecified atom stereocenters. The van der Waals surface area contributed by atoms with Crippen molar-refractivity contribution in [1.82, 2.24) is 9.62 Å². The Balaban J connectivity index is 2.14. The fraction of sp³-hybridized carbons (Fsp3) is 0.462. The molecular weight excluding hydrogens is 280 g/mol. The molecule has 1 fully saturated rings. The Morgan fingerprint density at radius 1 is 1.35 bits per heavy atom. The molecule has 0 aliphatic carbocycles. The van der Waals surface area contributed by atoms with E-state index in [2.05, 4.69) is 10.1 Å². The molecule has 1 aliphatic heterocycles. The van der Waals surface area contributed by atoms with E-state index < -0.39 is 16.0 Å². The Kier molecular flexibility index (Phi) is 4.74. The van der Waals surface area contributed by atoms with Crippen molar-refractivity contribution in [1.29, 1.82) is 0 Å². The normalized spacial score (nSPS) is 16.9. The Morgan fingerprint density at radius 2 is 2.05 bits per heavy atom. The summed E-state index contributed by atoms with van der Waals surface area (Å²) in [7, 11) is -2.05. The first-order chi connectivity index (χ1) is 9.53. The van der Waals surface area contributed by atoms with Gasteiger partial charge in [0.05, 0.1) is 18.4 Å². The fourth-order valence-corrected chi connectivity index (χ4v) is 3.65. The lowest BCUT2D eigenvalue weighted by molar-refractivity contribution is 0.0600. The molecule has 0 radical (unpaired) electrons. The maximum absolute atomic E-state index is 12.3. The highest BCUT2D eigenvalue weighted by Crippen LogP contribution is 2.14. The number of carbonyl (C=O) groups excluding carboxylic acids is 1. The van der Waals surface area contributed by atoms with Gasteiger partial charge in [0.15, 0.2) is 0 Å². The number of rotatable bonds is 4. The second-order valence-corrected chi connectivity index (χ2v) is 6.57. The standard InChI is InChI=1S/C13H18N2O4S/c1-19-13(16)12-4-2-3-11(9-12)10-20(17,18)15-7-5-14-6-8-15/h2-4,9,14H,5-8,10H2,1H3.